The Labute approximate surface area is 83.4 Å². The molecule has 1 rings (SSSR count). The van der Waals surface area contributed by atoms with Crippen LogP contribution in [0.1, 0.15) is 25.7 Å². The smallest absolute Gasteiger partial charge is 0.240 e. The molecule has 1 fully saturated rings. The Bertz CT molecular complexity index is 230. The Kier molecular flexibility index (Phi) is 3.88. The molecule has 0 aromatic carbocycles. The van der Waals surface area contributed by atoms with Gasteiger partial charge in [0, 0.05) is 13.0 Å². The van der Waals surface area contributed by atoms with Gasteiger partial charge in [0.2, 0.25) is 11.8 Å². The molecule has 1 aliphatic rings. The minimum absolute atomic E-state index is 0.0332. The predicted molar refractivity (Wildman–Crippen MR) is 52.2 cm³/mol. The first-order valence-corrected chi connectivity index (χ1v) is 4.95. The average molecular weight is 199 g/mol. The number of primary amides is 1. The van der Waals surface area contributed by atoms with E-state index in [2.05, 4.69) is 0 Å². The number of amides is 2. The van der Waals surface area contributed by atoms with Gasteiger partial charge in [0.1, 0.15) is 6.04 Å². The van der Waals surface area contributed by atoms with Crippen LogP contribution in [0.4, 0.5) is 0 Å². The highest BCUT2D eigenvalue weighted by Gasteiger charge is 2.30. The summed E-state index contributed by atoms with van der Waals surface area (Å²) in [5.41, 5.74) is 10.6. The van der Waals surface area contributed by atoms with Gasteiger partial charge in [0.15, 0.2) is 0 Å². The number of hydrogen-bond donors (Lipinski definition) is 2. The van der Waals surface area contributed by atoms with Crippen molar-refractivity contribution in [2.24, 2.45) is 11.5 Å². The first-order chi connectivity index (χ1) is 6.66. The second-order valence-corrected chi connectivity index (χ2v) is 3.54. The molecule has 14 heavy (non-hydrogen) atoms. The van der Waals surface area contributed by atoms with Gasteiger partial charge in [0.05, 0.1) is 0 Å². The molecule has 0 unspecified atom stereocenters. The topological polar surface area (TPSA) is 89.4 Å². The van der Waals surface area contributed by atoms with Crippen molar-refractivity contribution in [1.29, 1.82) is 0 Å². The summed E-state index contributed by atoms with van der Waals surface area (Å²) in [4.78, 5) is 24.1. The van der Waals surface area contributed by atoms with E-state index in [1.807, 2.05) is 0 Å². The maximum absolute atomic E-state index is 11.4. The Morgan fingerprint density at radius 2 is 2.29 bits per heavy atom. The summed E-state index contributed by atoms with van der Waals surface area (Å²) in [6.07, 6.45) is 2.66. The zero-order valence-electron chi connectivity index (χ0n) is 8.24. The Hall–Kier alpha value is -1.10. The molecule has 0 spiro atoms. The van der Waals surface area contributed by atoms with Crippen molar-refractivity contribution in [1.82, 2.24) is 4.90 Å². The highest BCUT2D eigenvalue weighted by molar-refractivity contribution is 5.87. The van der Waals surface area contributed by atoms with Gasteiger partial charge in [-0.25, -0.2) is 0 Å². The molecular weight excluding hydrogens is 182 g/mol. The average Bonchev–Trinajstić information content (AvgIpc) is 2.52. The van der Waals surface area contributed by atoms with Gasteiger partial charge < -0.3 is 16.4 Å². The van der Waals surface area contributed by atoms with E-state index in [1.165, 1.54) is 0 Å². The maximum atomic E-state index is 11.4. The minimum atomic E-state index is -0.450. The molecule has 0 bridgehead atoms. The van der Waals surface area contributed by atoms with E-state index in [1.54, 1.807) is 4.90 Å². The van der Waals surface area contributed by atoms with Crippen molar-refractivity contribution in [3.63, 3.8) is 0 Å². The number of carbonyl (C=O) groups excluding carboxylic acids is 2. The highest BCUT2D eigenvalue weighted by atomic mass is 16.2. The second kappa shape index (κ2) is 4.95. The van der Waals surface area contributed by atoms with Crippen LogP contribution in [-0.4, -0.2) is 35.8 Å². The van der Waals surface area contributed by atoms with E-state index in [9.17, 15) is 9.59 Å². The molecule has 1 atom stereocenters. The van der Waals surface area contributed by atoms with Crippen molar-refractivity contribution in [3.05, 3.63) is 0 Å². The molecule has 0 aliphatic carbocycles. The van der Waals surface area contributed by atoms with Crippen molar-refractivity contribution < 1.29 is 9.59 Å². The largest absolute Gasteiger partial charge is 0.368 e. The van der Waals surface area contributed by atoms with Gasteiger partial charge in [-0.2, -0.15) is 0 Å². The number of nitrogens with zero attached hydrogens (tertiary/aromatic N) is 1. The van der Waals surface area contributed by atoms with Crippen LogP contribution in [0.5, 0.6) is 0 Å². The molecule has 5 heteroatoms. The van der Waals surface area contributed by atoms with Crippen LogP contribution in [-0.2, 0) is 9.59 Å². The van der Waals surface area contributed by atoms with Gasteiger partial charge in [-0.15, -0.1) is 0 Å². The van der Waals surface area contributed by atoms with Crippen molar-refractivity contribution in [2.45, 2.75) is 31.7 Å². The summed E-state index contributed by atoms with van der Waals surface area (Å²) in [6, 6.07) is -0.450. The summed E-state index contributed by atoms with van der Waals surface area (Å²) >= 11 is 0. The van der Waals surface area contributed by atoms with Crippen LogP contribution in [0.3, 0.4) is 0 Å². The van der Waals surface area contributed by atoms with Gasteiger partial charge in [-0.3, -0.25) is 9.59 Å². The lowest BCUT2D eigenvalue weighted by Crippen LogP contribution is -2.45. The minimum Gasteiger partial charge on any atom is -0.368 e. The normalized spacial score (nSPS) is 18.6. The Morgan fingerprint density at radius 1 is 1.57 bits per heavy atom. The SMILES string of the molecule is NCCC[C@@H](C(N)=O)N1CCCC1=O. The molecule has 0 aromatic rings. The van der Waals surface area contributed by atoms with E-state index >= 15 is 0 Å². The second-order valence-electron chi connectivity index (χ2n) is 3.54. The fourth-order valence-electron chi connectivity index (χ4n) is 1.76. The van der Waals surface area contributed by atoms with E-state index in [-0.39, 0.29) is 5.91 Å². The third-order valence-electron chi connectivity index (χ3n) is 2.50. The highest BCUT2D eigenvalue weighted by Crippen LogP contribution is 2.16. The first kappa shape index (κ1) is 11.0. The molecule has 0 aromatic heterocycles. The standard InChI is InChI=1S/C9H17N3O2/c10-5-1-3-7(9(11)14)12-6-2-4-8(12)13/h7H,1-6,10H2,(H2,11,14)/t7-/m0/s1. The summed E-state index contributed by atoms with van der Waals surface area (Å²) in [5.74, 6) is -0.389. The summed E-state index contributed by atoms with van der Waals surface area (Å²) in [7, 11) is 0. The van der Waals surface area contributed by atoms with Crippen LogP contribution in [0, 0.1) is 0 Å². The summed E-state index contributed by atoms with van der Waals surface area (Å²) < 4.78 is 0. The molecule has 1 aliphatic heterocycles. The number of hydrogen-bond acceptors (Lipinski definition) is 3. The fraction of sp³-hybridized carbons (Fsp3) is 0.778. The van der Waals surface area contributed by atoms with Gasteiger partial charge >= 0.3 is 0 Å². The molecule has 0 saturated carbocycles. The summed E-state index contributed by atoms with van der Waals surface area (Å²) in [6.45, 7) is 1.17. The monoisotopic (exact) mass is 199 g/mol. The van der Waals surface area contributed by atoms with Crippen LogP contribution in [0.2, 0.25) is 0 Å². The van der Waals surface area contributed by atoms with Crippen LogP contribution in [0.25, 0.3) is 0 Å². The lowest BCUT2D eigenvalue weighted by molar-refractivity contribution is -0.136. The zero-order valence-corrected chi connectivity index (χ0v) is 8.24. The quantitative estimate of drug-likeness (QED) is 0.607. The Morgan fingerprint density at radius 3 is 2.71 bits per heavy atom. The molecule has 1 saturated heterocycles. The fourth-order valence-corrected chi connectivity index (χ4v) is 1.76. The molecule has 1 heterocycles. The van der Waals surface area contributed by atoms with Crippen molar-refractivity contribution in [3.8, 4) is 0 Å². The van der Waals surface area contributed by atoms with Crippen molar-refractivity contribution >= 4 is 11.8 Å². The van der Waals surface area contributed by atoms with Crippen LogP contribution in [0.15, 0.2) is 0 Å². The maximum Gasteiger partial charge on any atom is 0.240 e. The number of carbonyl (C=O) groups is 2. The number of rotatable bonds is 5. The lowest BCUT2D eigenvalue weighted by Gasteiger charge is -2.24. The van der Waals surface area contributed by atoms with E-state index in [0.29, 0.717) is 25.9 Å². The van der Waals surface area contributed by atoms with Crippen molar-refractivity contribution in [2.75, 3.05) is 13.1 Å². The number of likely N-dealkylation sites (tertiary alicyclic amines) is 1. The van der Waals surface area contributed by atoms with Gasteiger partial charge in [0.25, 0.3) is 0 Å². The molecule has 0 radical (unpaired) electrons. The predicted octanol–water partition coefficient (Wildman–Crippen LogP) is -0.798. The lowest BCUT2D eigenvalue weighted by atomic mass is 10.1. The van der Waals surface area contributed by atoms with E-state index in [0.717, 1.165) is 12.8 Å². The third-order valence-corrected chi connectivity index (χ3v) is 2.50. The number of nitrogens with two attached hydrogens (primary N) is 2. The first-order valence-electron chi connectivity index (χ1n) is 4.95. The van der Waals surface area contributed by atoms with Gasteiger partial charge in [-0.1, -0.05) is 0 Å². The Balaban J connectivity index is 2.57. The van der Waals surface area contributed by atoms with Crippen LogP contribution < -0.4 is 11.5 Å². The zero-order chi connectivity index (χ0) is 10.6. The van der Waals surface area contributed by atoms with Crippen LogP contribution >= 0.6 is 0 Å². The summed E-state index contributed by atoms with van der Waals surface area (Å²) in [5, 5.41) is 0. The molecule has 5 nitrogen and oxygen atoms in total. The van der Waals surface area contributed by atoms with Gasteiger partial charge in [-0.05, 0) is 25.8 Å². The molecule has 4 N–H and O–H groups in total. The molecule has 2 amide bonds. The molecular formula is C9H17N3O2. The van der Waals surface area contributed by atoms with E-state index < -0.39 is 11.9 Å². The molecule has 80 valence electrons. The van der Waals surface area contributed by atoms with E-state index in [4.69, 9.17) is 11.5 Å². The third kappa shape index (κ3) is 2.45.